The minimum Gasteiger partial charge on any atom is -0.469 e. The second-order valence-corrected chi connectivity index (χ2v) is 6.33. The van der Waals surface area contributed by atoms with Gasteiger partial charge in [-0.15, -0.1) is 0 Å². The Balaban J connectivity index is 1.78. The van der Waals surface area contributed by atoms with Gasteiger partial charge in [-0.1, -0.05) is 19.8 Å². The highest BCUT2D eigenvalue weighted by Crippen LogP contribution is 2.35. The molecule has 1 aliphatic heterocycles. The molecule has 1 amide bonds. The summed E-state index contributed by atoms with van der Waals surface area (Å²) >= 11 is 0. The van der Waals surface area contributed by atoms with E-state index in [1.54, 1.807) is 12.3 Å². The predicted octanol–water partition coefficient (Wildman–Crippen LogP) is 3.00. The number of furan rings is 1. The van der Waals surface area contributed by atoms with Gasteiger partial charge in [-0.05, 0) is 31.7 Å². The third-order valence-corrected chi connectivity index (χ3v) is 5.13. The average Bonchev–Trinajstić information content (AvgIpc) is 3.16. The molecule has 3 unspecified atom stereocenters. The summed E-state index contributed by atoms with van der Waals surface area (Å²) in [7, 11) is 0. The van der Waals surface area contributed by atoms with Gasteiger partial charge < -0.3 is 14.4 Å². The molecule has 1 aromatic rings. The van der Waals surface area contributed by atoms with E-state index < -0.39 is 0 Å². The van der Waals surface area contributed by atoms with Gasteiger partial charge in [0.25, 0.3) is 5.91 Å². The van der Waals surface area contributed by atoms with Crippen molar-refractivity contribution in [3.8, 4) is 0 Å². The summed E-state index contributed by atoms with van der Waals surface area (Å²) in [6.07, 6.45) is 8.37. The minimum atomic E-state index is -0.243. The summed E-state index contributed by atoms with van der Waals surface area (Å²) in [5.41, 5.74) is 0.703. The molecule has 0 spiro atoms. The first-order chi connectivity index (χ1) is 10.2. The zero-order valence-electron chi connectivity index (χ0n) is 12.8. The standard InChI is InChI=1S/C17H25NO3/c1-2-16-13(9-11-21-16)17(20)18-10-5-7-14(18)12-6-3-4-8-15(12)19/h9,11-12,14-15,19H,2-8,10H2,1H3. The molecule has 116 valence electrons. The quantitative estimate of drug-likeness (QED) is 0.931. The minimum absolute atomic E-state index is 0.0841. The molecule has 0 radical (unpaired) electrons. The van der Waals surface area contributed by atoms with Gasteiger partial charge in [-0.2, -0.15) is 0 Å². The number of aliphatic hydroxyl groups is 1. The fourth-order valence-electron chi connectivity index (χ4n) is 4.04. The molecule has 3 atom stereocenters. The third-order valence-electron chi connectivity index (χ3n) is 5.13. The van der Waals surface area contributed by atoms with E-state index in [1.807, 2.05) is 11.8 Å². The first-order valence-electron chi connectivity index (χ1n) is 8.27. The van der Waals surface area contributed by atoms with Crippen molar-refractivity contribution in [1.82, 2.24) is 4.90 Å². The van der Waals surface area contributed by atoms with Crippen LogP contribution in [0, 0.1) is 5.92 Å². The Morgan fingerprint density at radius 1 is 1.33 bits per heavy atom. The maximum Gasteiger partial charge on any atom is 0.257 e. The highest BCUT2D eigenvalue weighted by Gasteiger charge is 2.39. The molecule has 21 heavy (non-hydrogen) atoms. The van der Waals surface area contributed by atoms with Crippen molar-refractivity contribution in [3.05, 3.63) is 23.7 Å². The Labute approximate surface area is 126 Å². The maximum atomic E-state index is 12.8. The number of likely N-dealkylation sites (tertiary alicyclic amines) is 1. The van der Waals surface area contributed by atoms with Crippen LogP contribution in [0.5, 0.6) is 0 Å². The van der Waals surface area contributed by atoms with Gasteiger partial charge in [0.1, 0.15) is 5.76 Å². The second kappa shape index (κ2) is 6.22. The lowest BCUT2D eigenvalue weighted by molar-refractivity contribution is 0.0211. The number of nitrogens with zero attached hydrogens (tertiary/aromatic N) is 1. The molecule has 1 aliphatic carbocycles. The van der Waals surface area contributed by atoms with Crippen LogP contribution in [-0.4, -0.2) is 34.6 Å². The molecule has 1 saturated heterocycles. The number of carbonyl (C=O) groups is 1. The summed E-state index contributed by atoms with van der Waals surface area (Å²) in [5.74, 6) is 1.11. The molecule has 0 bridgehead atoms. The van der Waals surface area contributed by atoms with Gasteiger partial charge in [0, 0.05) is 24.9 Å². The van der Waals surface area contributed by atoms with E-state index in [1.165, 1.54) is 6.42 Å². The third kappa shape index (κ3) is 2.73. The van der Waals surface area contributed by atoms with Crippen LogP contribution in [0.3, 0.4) is 0 Å². The van der Waals surface area contributed by atoms with E-state index >= 15 is 0 Å². The molecule has 3 rings (SSSR count). The van der Waals surface area contributed by atoms with Crippen molar-refractivity contribution in [3.63, 3.8) is 0 Å². The van der Waals surface area contributed by atoms with Crippen molar-refractivity contribution < 1.29 is 14.3 Å². The smallest absolute Gasteiger partial charge is 0.257 e. The van der Waals surface area contributed by atoms with Crippen LogP contribution in [0.1, 0.15) is 61.6 Å². The van der Waals surface area contributed by atoms with E-state index in [0.29, 0.717) is 5.56 Å². The first kappa shape index (κ1) is 14.6. The van der Waals surface area contributed by atoms with E-state index in [9.17, 15) is 9.90 Å². The molecular formula is C17H25NO3. The highest BCUT2D eigenvalue weighted by atomic mass is 16.3. The Morgan fingerprint density at radius 2 is 2.14 bits per heavy atom. The molecule has 2 aliphatic rings. The lowest BCUT2D eigenvalue weighted by Crippen LogP contribution is -2.45. The molecule has 2 heterocycles. The fraction of sp³-hybridized carbons (Fsp3) is 0.706. The summed E-state index contributed by atoms with van der Waals surface area (Å²) in [6.45, 7) is 2.81. The average molecular weight is 291 g/mol. The molecule has 1 saturated carbocycles. The molecule has 4 nitrogen and oxygen atoms in total. The van der Waals surface area contributed by atoms with Crippen LogP contribution in [0.4, 0.5) is 0 Å². The number of hydrogen-bond donors (Lipinski definition) is 1. The number of amides is 1. The predicted molar refractivity (Wildman–Crippen MR) is 80.1 cm³/mol. The van der Waals surface area contributed by atoms with E-state index in [4.69, 9.17) is 4.42 Å². The fourth-order valence-corrected chi connectivity index (χ4v) is 4.04. The zero-order chi connectivity index (χ0) is 14.8. The number of aliphatic hydroxyl groups excluding tert-OH is 1. The van der Waals surface area contributed by atoms with Crippen molar-refractivity contribution in [1.29, 1.82) is 0 Å². The topological polar surface area (TPSA) is 53.7 Å². The van der Waals surface area contributed by atoms with E-state index in [2.05, 4.69) is 0 Å². The van der Waals surface area contributed by atoms with Gasteiger partial charge in [-0.3, -0.25) is 4.79 Å². The van der Waals surface area contributed by atoms with Gasteiger partial charge in [-0.25, -0.2) is 0 Å². The SMILES string of the molecule is CCc1occc1C(=O)N1CCCC1C1CCCCC1O. The van der Waals surface area contributed by atoms with Gasteiger partial charge in [0.15, 0.2) is 0 Å². The van der Waals surface area contributed by atoms with E-state index in [-0.39, 0.29) is 24.0 Å². The van der Waals surface area contributed by atoms with Crippen LogP contribution in [0.2, 0.25) is 0 Å². The number of hydrogen-bond acceptors (Lipinski definition) is 3. The summed E-state index contributed by atoms with van der Waals surface area (Å²) in [6, 6.07) is 1.99. The number of aryl methyl sites for hydroxylation is 1. The van der Waals surface area contributed by atoms with Gasteiger partial charge in [0.2, 0.25) is 0 Å². The van der Waals surface area contributed by atoms with Crippen LogP contribution in [0.25, 0.3) is 0 Å². The van der Waals surface area contributed by atoms with Crippen LogP contribution in [0.15, 0.2) is 16.7 Å². The van der Waals surface area contributed by atoms with Crippen molar-refractivity contribution in [2.45, 2.75) is 64.0 Å². The Kier molecular flexibility index (Phi) is 4.34. The van der Waals surface area contributed by atoms with Gasteiger partial charge in [0.05, 0.1) is 17.9 Å². The Hall–Kier alpha value is -1.29. The van der Waals surface area contributed by atoms with Crippen LogP contribution in [-0.2, 0) is 6.42 Å². The molecule has 2 fully saturated rings. The Morgan fingerprint density at radius 3 is 2.90 bits per heavy atom. The van der Waals surface area contributed by atoms with Crippen LogP contribution < -0.4 is 0 Å². The highest BCUT2D eigenvalue weighted by molar-refractivity contribution is 5.95. The zero-order valence-corrected chi connectivity index (χ0v) is 12.8. The first-order valence-corrected chi connectivity index (χ1v) is 8.27. The van der Waals surface area contributed by atoms with Gasteiger partial charge >= 0.3 is 0 Å². The van der Waals surface area contributed by atoms with Crippen molar-refractivity contribution in [2.75, 3.05) is 6.54 Å². The van der Waals surface area contributed by atoms with Crippen molar-refractivity contribution >= 4 is 5.91 Å². The monoisotopic (exact) mass is 291 g/mol. The molecule has 1 N–H and O–H groups in total. The summed E-state index contributed by atoms with van der Waals surface area (Å²) in [4.78, 5) is 14.8. The normalized spacial score (nSPS) is 29.8. The van der Waals surface area contributed by atoms with E-state index in [0.717, 1.165) is 50.8 Å². The maximum absolute atomic E-state index is 12.8. The molecule has 0 aromatic carbocycles. The lowest BCUT2D eigenvalue weighted by Gasteiger charge is -2.37. The Bertz CT molecular complexity index is 496. The number of rotatable bonds is 3. The number of carbonyl (C=O) groups excluding carboxylic acids is 1. The summed E-state index contributed by atoms with van der Waals surface area (Å²) in [5, 5.41) is 10.3. The van der Waals surface area contributed by atoms with Crippen molar-refractivity contribution in [2.24, 2.45) is 5.92 Å². The lowest BCUT2D eigenvalue weighted by atomic mass is 9.80. The molecule has 1 aromatic heterocycles. The largest absolute Gasteiger partial charge is 0.469 e. The molecule has 4 heteroatoms. The van der Waals surface area contributed by atoms with Crippen LogP contribution >= 0.6 is 0 Å². The molecular weight excluding hydrogens is 266 g/mol. The summed E-state index contributed by atoms with van der Waals surface area (Å²) < 4.78 is 5.40. The second-order valence-electron chi connectivity index (χ2n) is 6.33.